The number of nitrogens with zero attached hydrogens (tertiary/aromatic N) is 1. The summed E-state index contributed by atoms with van der Waals surface area (Å²) in [6, 6.07) is 13.6. The van der Waals surface area contributed by atoms with Crippen LogP contribution in [0.5, 0.6) is 11.5 Å². The average molecular weight is 427 g/mol. The maximum absolute atomic E-state index is 9.67. The Morgan fingerprint density at radius 1 is 1.16 bits per heavy atom. The van der Waals surface area contributed by atoms with Crippen molar-refractivity contribution in [3.8, 4) is 11.5 Å². The van der Waals surface area contributed by atoms with Gasteiger partial charge in [0.1, 0.15) is 6.29 Å². The molecule has 0 radical (unpaired) electrons. The van der Waals surface area contributed by atoms with Crippen LogP contribution < -0.4 is 10.5 Å². The molecule has 0 spiro atoms. The molecule has 2 aromatic rings. The summed E-state index contributed by atoms with van der Waals surface area (Å²) in [6.45, 7) is 16.2. The fraction of sp³-hybridized carbons (Fsp3) is 0.385. The van der Waals surface area contributed by atoms with Crippen LogP contribution in [0.1, 0.15) is 71.0 Å². The highest BCUT2D eigenvalue weighted by Gasteiger charge is 2.03. The Labute approximate surface area is 187 Å². The molecule has 0 saturated heterocycles. The van der Waals surface area contributed by atoms with Gasteiger partial charge in [0.05, 0.1) is 12.6 Å². The van der Waals surface area contributed by atoms with Crippen molar-refractivity contribution in [1.82, 2.24) is 0 Å². The summed E-state index contributed by atoms with van der Waals surface area (Å²) in [5, 5.41) is 9.28. The van der Waals surface area contributed by atoms with Crippen molar-refractivity contribution in [3.63, 3.8) is 0 Å². The Morgan fingerprint density at radius 3 is 2.16 bits per heavy atom. The van der Waals surface area contributed by atoms with Crippen molar-refractivity contribution in [2.45, 2.75) is 59.9 Å². The monoisotopic (exact) mass is 426 g/mol. The number of carbonyl (C=O) groups excluding carboxylic acids is 1. The van der Waals surface area contributed by atoms with E-state index in [4.69, 9.17) is 10.5 Å². The molecule has 0 aliphatic carbocycles. The summed E-state index contributed by atoms with van der Waals surface area (Å²) in [6.07, 6.45) is 3.52. The van der Waals surface area contributed by atoms with E-state index in [0.29, 0.717) is 24.0 Å². The van der Waals surface area contributed by atoms with Gasteiger partial charge in [0, 0.05) is 11.8 Å². The standard InChI is InChI=1S/C12H17N.C9H13NO2.C5H8O/c1-9(2)11-5-7-12(8-6-11)10(3)13-4;1-2-5-12-9-6-7(10)3-4-8(9)11;1-3-5(2)4-6/h5-10H,4H2,1-3H3;3-4,6,11H,2,5,10H2,1H3;3-4H,1-2H3/b;;5-3+. The number of phenolic OH excluding ortho intramolecular Hbond substituents is 1. The molecule has 1 atom stereocenters. The lowest BCUT2D eigenvalue weighted by Crippen LogP contribution is -1.96. The number of benzene rings is 2. The van der Waals surface area contributed by atoms with Crippen LogP contribution in [-0.2, 0) is 4.79 Å². The summed E-state index contributed by atoms with van der Waals surface area (Å²) < 4.78 is 5.24. The SMILES string of the molecule is C/C=C(\C)C=O.C=NC(C)c1ccc(C(C)C)cc1.CCCOc1cc(N)ccc1O. The number of aliphatic imine (C=N–C) groups is 1. The third kappa shape index (κ3) is 11.6. The first-order valence-electron chi connectivity index (χ1n) is 10.5. The molecule has 0 bridgehead atoms. The lowest BCUT2D eigenvalue weighted by Gasteiger charge is -2.09. The second-order valence-electron chi connectivity index (χ2n) is 7.41. The van der Waals surface area contributed by atoms with E-state index in [-0.39, 0.29) is 11.8 Å². The molecule has 0 amide bonds. The molecule has 3 N–H and O–H groups in total. The van der Waals surface area contributed by atoms with Crippen LogP contribution in [0.15, 0.2) is 59.1 Å². The van der Waals surface area contributed by atoms with Crippen molar-refractivity contribution in [2.24, 2.45) is 4.99 Å². The Morgan fingerprint density at radius 2 is 1.74 bits per heavy atom. The van der Waals surface area contributed by atoms with E-state index in [1.807, 2.05) is 13.8 Å². The van der Waals surface area contributed by atoms with Crippen LogP contribution in [-0.4, -0.2) is 24.7 Å². The minimum absolute atomic E-state index is 0.137. The molecule has 1 unspecified atom stereocenters. The van der Waals surface area contributed by atoms with Crippen LogP contribution in [0.3, 0.4) is 0 Å². The summed E-state index contributed by atoms with van der Waals surface area (Å²) >= 11 is 0. The van der Waals surface area contributed by atoms with Crippen molar-refractivity contribution >= 4 is 18.7 Å². The van der Waals surface area contributed by atoms with E-state index < -0.39 is 0 Å². The molecule has 5 nitrogen and oxygen atoms in total. The van der Waals surface area contributed by atoms with Gasteiger partial charge >= 0.3 is 0 Å². The van der Waals surface area contributed by atoms with Crippen molar-refractivity contribution in [3.05, 3.63) is 65.2 Å². The van der Waals surface area contributed by atoms with Gasteiger partial charge in [-0.05, 0) is 68.7 Å². The van der Waals surface area contributed by atoms with E-state index in [1.165, 1.54) is 17.2 Å². The zero-order valence-corrected chi connectivity index (χ0v) is 19.8. The molecule has 0 aromatic heterocycles. The average Bonchev–Trinajstić information content (AvgIpc) is 2.79. The largest absolute Gasteiger partial charge is 0.504 e. The highest BCUT2D eigenvalue weighted by Crippen LogP contribution is 2.27. The van der Waals surface area contributed by atoms with Crippen LogP contribution >= 0.6 is 0 Å². The van der Waals surface area contributed by atoms with Gasteiger partial charge in [-0.15, -0.1) is 0 Å². The van der Waals surface area contributed by atoms with Gasteiger partial charge < -0.3 is 15.6 Å². The number of anilines is 1. The molecule has 0 saturated carbocycles. The van der Waals surface area contributed by atoms with Gasteiger partial charge in [-0.2, -0.15) is 0 Å². The first kappa shape index (κ1) is 27.9. The molecule has 2 rings (SSSR count). The second-order valence-corrected chi connectivity index (χ2v) is 7.41. The molecule has 170 valence electrons. The van der Waals surface area contributed by atoms with Crippen LogP contribution in [0.25, 0.3) is 0 Å². The smallest absolute Gasteiger partial charge is 0.162 e. The number of nitrogens with two attached hydrogens (primary N) is 1. The predicted octanol–water partition coefficient (Wildman–Crippen LogP) is 6.49. The molecule has 31 heavy (non-hydrogen) atoms. The minimum Gasteiger partial charge on any atom is -0.504 e. The first-order chi connectivity index (χ1) is 14.7. The molecule has 5 heteroatoms. The van der Waals surface area contributed by atoms with Gasteiger partial charge in [0.2, 0.25) is 0 Å². The molecule has 0 aliphatic rings. The fourth-order valence-corrected chi connectivity index (χ4v) is 2.19. The lowest BCUT2D eigenvalue weighted by molar-refractivity contribution is -0.104. The normalized spacial score (nSPS) is 11.4. The Hall–Kier alpha value is -3.08. The predicted molar refractivity (Wildman–Crippen MR) is 132 cm³/mol. The molecule has 0 fully saturated rings. The Kier molecular flexibility index (Phi) is 14.2. The lowest BCUT2D eigenvalue weighted by atomic mass is 10.00. The van der Waals surface area contributed by atoms with Crippen LogP contribution in [0, 0.1) is 0 Å². The van der Waals surface area contributed by atoms with E-state index in [2.05, 4.69) is 56.7 Å². The maximum Gasteiger partial charge on any atom is 0.162 e. The Bertz CT molecular complexity index is 812. The number of ether oxygens (including phenoxy) is 1. The highest BCUT2D eigenvalue weighted by atomic mass is 16.5. The Balaban J connectivity index is 0.000000466. The summed E-state index contributed by atoms with van der Waals surface area (Å²) in [7, 11) is 0. The number of phenols is 1. The van der Waals surface area contributed by atoms with Crippen LogP contribution in [0.4, 0.5) is 5.69 Å². The third-order valence-electron chi connectivity index (χ3n) is 4.45. The molecule has 0 aliphatic heterocycles. The van der Waals surface area contributed by atoms with Gasteiger partial charge in [-0.3, -0.25) is 9.79 Å². The zero-order chi connectivity index (χ0) is 23.8. The van der Waals surface area contributed by atoms with Crippen molar-refractivity contribution < 1.29 is 14.6 Å². The first-order valence-corrected chi connectivity index (χ1v) is 10.5. The van der Waals surface area contributed by atoms with E-state index >= 15 is 0 Å². The maximum atomic E-state index is 9.67. The van der Waals surface area contributed by atoms with Crippen molar-refractivity contribution in [2.75, 3.05) is 12.3 Å². The number of aldehydes is 1. The number of aromatic hydroxyl groups is 1. The van der Waals surface area contributed by atoms with Crippen LogP contribution in [0.2, 0.25) is 0 Å². The van der Waals surface area contributed by atoms with Crippen molar-refractivity contribution in [1.29, 1.82) is 0 Å². The number of hydrogen-bond acceptors (Lipinski definition) is 5. The highest BCUT2D eigenvalue weighted by molar-refractivity contribution is 5.71. The number of nitrogen functional groups attached to an aromatic ring is 1. The molecule has 2 aromatic carbocycles. The van der Waals surface area contributed by atoms with Gasteiger partial charge in [-0.25, -0.2) is 0 Å². The second kappa shape index (κ2) is 15.7. The quantitative estimate of drug-likeness (QED) is 0.174. The number of allylic oxidation sites excluding steroid dienone is 2. The van der Waals surface area contributed by atoms with E-state index in [0.717, 1.165) is 18.3 Å². The molecular weight excluding hydrogens is 388 g/mol. The summed E-state index contributed by atoms with van der Waals surface area (Å²) in [5.74, 6) is 1.19. The van der Waals surface area contributed by atoms with Gasteiger partial charge in [0.15, 0.2) is 11.5 Å². The fourth-order valence-electron chi connectivity index (χ4n) is 2.19. The number of hydrogen-bond donors (Lipinski definition) is 2. The van der Waals surface area contributed by atoms with E-state index in [9.17, 15) is 9.90 Å². The third-order valence-corrected chi connectivity index (χ3v) is 4.45. The number of carbonyl (C=O) groups is 1. The summed E-state index contributed by atoms with van der Waals surface area (Å²) in [5.41, 5.74) is 9.50. The van der Waals surface area contributed by atoms with E-state index in [1.54, 1.807) is 25.1 Å². The van der Waals surface area contributed by atoms with Gasteiger partial charge in [-0.1, -0.05) is 51.1 Å². The minimum atomic E-state index is 0.137. The number of rotatable bonds is 7. The molecule has 0 heterocycles. The van der Waals surface area contributed by atoms with Gasteiger partial charge in [0.25, 0.3) is 0 Å². The topological polar surface area (TPSA) is 84.9 Å². The zero-order valence-electron chi connectivity index (χ0n) is 19.8. The summed E-state index contributed by atoms with van der Waals surface area (Å²) in [4.78, 5) is 13.7. The molecular formula is C26H38N2O3.